The van der Waals surface area contributed by atoms with Crippen molar-refractivity contribution >= 4 is 27.8 Å². The zero-order valence-corrected chi connectivity index (χ0v) is 8.68. The molecule has 70 valence electrons. The molecule has 0 aromatic carbocycles. The molecule has 0 spiro atoms. The molecule has 0 heterocycles. The van der Waals surface area contributed by atoms with Gasteiger partial charge in [0, 0.05) is 0 Å². The van der Waals surface area contributed by atoms with Gasteiger partial charge in [0.05, 0.1) is 11.4 Å². The van der Waals surface area contributed by atoms with E-state index in [2.05, 4.69) is 26.0 Å². The number of hydrogen-bond acceptors (Lipinski definition) is 3. The van der Waals surface area contributed by atoms with E-state index < -0.39 is 5.97 Å². The van der Waals surface area contributed by atoms with Gasteiger partial charge in [-0.15, -0.1) is 0 Å². The second-order valence-electron chi connectivity index (χ2n) is 2.14. The van der Waals surface area contributed by atoms with Crippen LogP contribution in [0, 0.1) is 0 Å². The molecule has 1 atom stereocenters. The summed E-state index contributed by atoms with van der Waals surface area (Å²) in [6.07, 6.45) is 0. The summed E-state index contributed by atoms with van der Waals surface area (Å²) < 4.78 is 4.60. The molecule has 1 N–H and O–H groups in total. The number of amides is 1. The van der Waals surface area contributed by atoms with E-state index in [1.54, 1.807) is 13.8 Å². The molecule has 0 saturated carbocycles. The van der Waals surface area contributed by atoms with Gasteiger partial charge in [-0.3, -0.25) is 9.59 Å². The Hall–Kier alpha value is -0.580. The van der Waals surface area contributed by atoms with E-state index in [0.29, 0.717) is 6.61 Å². The van der Waals surface area contributed by atoms with Crippen molar-refractivity contribution in [1.29, 1.82) is 0 Å². The maximum Gasteiger partial charge on any atom is 0.325 e. The van der Waals surface area contributed by atoms with E-state index in [0.717, 1.165) is 0 Å². The number of hydrogen-bond donors (Lipinski definition) is 1. The summed E-state index contributed by atoms with van der Waals surface area (Å²) >= 11 is 3.06. The monoisotopic (exact) mass is 237 g/mol. The molecule has 1 unspecified atom stereocenters. The molecular weight excluding hydrogens is 226 g/mol. The molecule has 0 aliphatic heterocycles. The Labute approximate surface area is 79.8 Å². The summed E-state index contributed by atoms with van der Waals surface area (Å²) in [5.41, 5.74) is 0. The first-order valence-corrected chi connectivity index (χ1v) is 4.57. The van der Waals surface area contributed by atoms with Crippen LogP contribution >= 0.6 is 15.9 Å². The van der Waals surface area contributed by atoms with Crippen LogP contribution < -0.4 is 5.32 Å². The smallest absolute Gasteiger partial charge is 0.325 e. The van der Waals surface area contributed by atoms with Gasteiger partial charge in [0.15, 0.2) is 0 Å². The molecule has 0 aromatic heterocycles. The first-order valence-electron chi connectivity index (χ1n) is 3.65. The van der Waals surface area contributed by atoms with Crippen LogP contribution in [0.2, 0.25) is 0 Å². The molecular formula is C7H12BrNO3. The van der Waals surface area contributed by atoms with Crippen molar-refractivity contribution in [3.8, 4) is 0 Å². The number of carbonyl (C=O) groups excluding carboxylic acids is 2. The topological polar surface area (TPSA) is 55.4 Å². The van der Waals surface area contributed by atoms with E-state index >= 15 is 0 Å². The molecule has 0 saturated heterocycles. The highest BCUT2D eigenvalue weighted by Crippen LogP contribution is 1.95. The van der Waals surface area contributed by atoms with Crippen molar-refractivity contribution in [1.82, 2.24) is 5.32 Å². The minimum atomic E-state index is -0.418. The summed E-state index contributed by atoms with van der Waals surface area (Å²) in [7, 11) is 0. The average Bonchev–Trinajstić information content (AvgIpc) is 2.00. The Kier molecular flexibility index (Phi) is 5.70. The van der Waals surface area contributed by atoms with Crippen LogP contribution in [0.5, 0.6) is 0 Å². The van der Waals surface area contributed by atoms with Gasteiger partial charge in [0.25, 0.3) is 0 Å². The Morgan fingerprint density at radius 3 is 2.58 bits per heavy atom. The first kappa shape index (κ1) is 11.4. The van der Waals surface area contributed by atoms with Crippen molar-refractivity contribution in [3.05, 3.63) is 0 Å². The standard InChI is InChI=1S/C7H12BrNO3/c1-3-12-6(10)4-9-7(11)5(2)8/h5H,3-4H2,1-2H3,(H,9,11). The number of alkyl halides is 1. The number of halogens is 1. The summed E-state index contributed by atoms with van der Waals surface area (Å²) in [5.74, 6) is -0.637. The average molecular weight is 238 g/mol. The molecule has 0 aliphatic rings. The summed E-state index contributed by atoms with van der Waals surface area (Å²) in [4.78, 5) is 21.3. The van der Waals surface area contributed by atoms with E-state index in [9.17, 15) is 9.59 Å². The van der Waals surface area contributed by atoms with E-state index in [-0.39, 0.29) is 17.3 Å². The predicted molar refractivity (Wildman–Crippen MR) is 48.0 cm³/mol. The number of rotatable bonds is 4. The maximum atomic E-state index is 10.9. The van der Waals surface area contributed by atoms with Crippen LogP contribution in [0.4, 0.5) is 0 Å². The SMILES string of the molecule is CCOC(=O)CNC(=O)C(C)Br. The number of ether oxygens (including phenoxy) is 1. The quantitative estimate of drug-likeness (QED) is 0.571. The first-order chi connectivity index (χ1) is 5.57. The van der Waals surface area contributed by atoms with Crippen LogP contribution in [-0.2, 0) is 14.3 Å². The van der Waals surface area contributed by atoms with Gasteiger partial charge in [0.1, 0.15) is 6.54 Å². The van der Waals surface area contributed by atoms with Gasteiger partial charge >= 0.3 is 5.97 Å². The second-order valence-corrected chi connectivity index (χ2v) is 3.51. The number of esters is 1. The lowest BCUT2D eigenvalue weighted by molar-refractivity contribution is -0.143. The van der Waals surface area contributed by atoms with Crippen molar-refractivity contribution in [2.45, 2.75) is 18.7 Å². The molecule has 0 radical (unpaired) electrons. The van der Waals surface area contributed by atoms with Gasteiger partial charge in [-0.2, -0.15) is 0 Å². The van der Waals surface area contributed by atoms with Crippen LogP contribution in [0.3, 0.4) is 0 Å². The molecule has 5 heteroatoms. The fourth-order valence-corrected chi connectivity index (χ4v) is 0.674. The van der Waals surface area contributed by atoms with Gasteiger partial charge in [0.2, 0.25) is 5.91 Å². The molecule has 0 fully saturated rings. The van der Waals surface area contributed by atoms with Gasteiger partial charge < -0.3 is 10.1 Å². The summed E-state index contributed by atoms with van der Waals surface area (Å²) in [5, 5.41) is 2.41. The second kappa shape index (κ2) is 5.99. The van der Waals surface area contributed by atoms with Gasteiger partial charge in [-0.25, -0.2) is 0 Å². The van der Waals surface area contributed by atoms with Crippen LogP contribution in [-0.4, -0.2) is 29.9 Å². The highest BCUT2D eigenvalue weighted by atomic mass is 79.9. The Bertz CT molecular complexity index is 170. The lowest BCUT2D eigenvalue weighted by Gasteiger charge is -2.05. The number of carbonyl (C=O) groups is 2. The molecule has 0 aliphatic carbocycles. The third kappa shape index (κ3) is 5.12. The van der Waals surface area contributed by atoms with E-state index in [1.165, 1.54) is 0 Å². The minimum Gasteiger partial charge on any atom is -0.465 e. The van der Waals surface area contributed by atoms with Crippen molar-refractivity contribution < 1.29 is 14.3 Å². The van der Waals surface area contributed by atoms with E-state index in [1.807, 2.05) is 0 Å². The zero-order valence-electron chi connectivity index (χ0n) is 7.09. The Balaban J connectivity index is 3.54. The Morgan fingerprint density at radius 1 is 1.58 bits per heavy atom. The molecule has 12 heavy (non-hydrogen) atoms. The molecule has 0 bridgehead atoms. The van der Waals surface area contributed by atoms with Crippen molar-refractivity contribution in [2.24, 2.45) is 0 Å². The predicted octanol–water partition coefficient (Wildman–Crippen LogP) is 0.449. The number of nitrogens with one attached hydrogen (secondary N) is 1. The largest absolute Gasteiger partial charge is 0.465 e. The van der Waals surface area contributed by atoms with Gasteiger partial charge in [-0.05, 0) is 13.8 Å². The third-order valence-corrected chi connectivity index (χ3v) is 1.49. The Morgan fingerprint density at radius 2 is 2.17 bits per heavy atom. The molecule has 0 rings (SSSR count). The zero-order chi connectivity index (χ0) is 9.56. The maximum absolute atomic E-state index is 10.9. The molecule has 1 amide bonds. The van der Waals surface area contributed by atoms with Crippen molar-refractivity contribution in [2.75, 3.05) is 13.2 Å². The fourth-order valence-electron chi connectivity index (χ4n) is 0.512. The van der Waals surface area contributed by atoms with Crippen LogP contribution in [0.25, 0.3) is 0 Å². The normalized spacial score (nSPS) is 11.9. The third-order valence-electron chi connectivity index (χ3n) is 1.07. The highest BCUT2D eigenvalue weighted by Gasteiger charge is 2.09. The van der Waals surface area contributed by atoms with Crippen LogP contribution in [0.15, 0.2) is 0 Å². The van der Waals surface area contributed by atoms with Crippen LogP contribution in [0.1, 0.15) is 13.8 Å². The lowest BCUT2D eigenvalue weighted by Crippen LogP contribution is -2.34. The summed E-state index contributed by atoms with van der Waals surface area (Å²) in [6, 6.07) is 0. The van der Waals surface area contributed by atoms with Crippen molar-refractivity contribution in [3.63, 3.8) is 0 Å². The highest BCUT2D eigenvalue weighted by molar-refractivity contribution is 9.10. The molecule has 0 aromatic rings. The van der Waals surface area contributed by atoms with E-state index in [4.69, 9.17) is 0 Å². The minimum absolute atomic E-state index is 0.0669. The van der Waals surface area contributed by atoms with Gasteiger partial charge in [-0.1, -0.05) is 15.9 Å². The molecule has 4 nitrogen and oxygen atoms in total. The summed E-state index contributed by atoms with van der Waals surface area (Å²) in [6.45, 7) is 3.66. The fraction of sp³-hybridized carbons (Fsp3) is 0.714. The lowest BCUT2D eigenvalue weighted by atomic mass is 10.4.